The predicted molar refractivity (Wildman–Crippen MR) is 58.6 cm³/mol. The molecule has 0 aromatic carbocycles. The number of rotatable bonds is 8. The summed E-state index contributed by atoms with van der Waals surface area (Å²) in [7, 11) is 1.49. The van der Waals surface area contributed by atoms with Crippen LogP contribution in [0, 0.1) is 5.92 Å². The molecule has 0 rings (SSSR count). The summed E-state index contributed by atoms with van der Waals surface area (Å²) in [6.45, 7) is 4.33. The lowest BCUT2D eigenvalue weighted by molar-refractivity contribution is -0.124. The first-order valence-corrected chi connectivity index (χ1v) is 5.34. The number of ketones is 1. The van der Waals surface area contributed by atoms with Gasteiger partial charge in [-0.25, -0.2) is 0 Å². The van der Waals surface area contributed by atoms with E-state index in [0.29, 0.717) is 6.54 Å². The van der Waals surface area contributed by atoms with E-state index in [4.69, 9.17) is 0 Å². The van der Waals surface area contributed by atoms with Gasteiger partial charge in [0.1, 0.15) is 12.4 Å². The lowest BCUT2D eigenvalue weighted by Crippen LogP contribution is -2.28. The molecular weight excluding hydrogens is 194 g/mol. The van der Waals surface area contributed by atoms with Gasteiger partial charge in [0.15, 0.2) is 0 Å². The highest BCUT2D eigenvalue weighted by molar-refractivity contribution is 5.77. The molecule has 0 heterocycles. The van der Waals surface area contributed by atoms with Crippen LogP contribution in [0.2, 0.25) is 0 Å². The van der Waals surface area contributed by atoms with Crippen molar-refractivity contribution in [1.82, 2.24) is 5.32 Å². The van der Waals surface area contributed by atoms with Crippen molar-refractivity contribution in [2.24, 2.45) is 5.92 Å². The highest BCUT2D eigenvalue weighted by atomic mass is 16.5. The molecule has 1 atom stereocenters. The Labute approximate surface area is 91.4 Å². The number of carbonyl (C=O) groups excluding carboxylic acids is 2. The number of nitrogens with one attached hydrogen (secondary N) is 1. The second kappa shape index (κ2) is 8.41. The first-order valence-electron chi connectivity index (χ1n) is 5.34. The topological polar surface area (TPSA) is 55.4 Å². The van der Waals surface area contributed by atoms with E-state index in [0.717, 1.165) is 19.3 Å². The summed E-state index contributed by atoms with van der Waals surface area (Å²) in [5, 5.41) is 2.74. The number of amides is 1. The molecule has 0 bridgehead atoms. The highest BCUT2D eigenvalue weighted by Crippen LogP contribution is 2.07. The molecule has 15 heavy (non-hydrogen) atoms. The smallest absolute Gasteiger partial charge is 0.245 e. The molecule has 0 saturated carbocycles. The van der Waals surface area contributed by atoms with Gasteiger partial charge in [-0.2, -0.15) is 0 Å². The maximum Gasteiger partial charge on any atom is 0.245 e. The van der Waals surface area contributed by atoms with Crippen molar-refractivity contribution in [2.75, 3.05) is 20.3 Å². The van der Waals surface area contributed by atoms with Gasteiger partial charge in [-0.15, -0.1) is 0 Å². The van der Waals surface area contributed by atoms with E-state index in [1.54, 1.807) is 6.92 Å². The standard InChI is InChI=1S/C11H21NO3/c1-9(10(2)13)6-4-5-7-12-11(14)8-15-3/h9H,4-8H2,1-3H3,(H,12,14)/t9-/m0/s1. The van der Waals surface area contributed by atoms with Crippen LogP contribution in [0.3, 0.4) is 0 Å². The van der Waals surface area contributed by atoms with Crippen LogP contribution < -0.4 is 5.32 Å². The Kier molecular flexibility index (Phi) is 7.91. The maximum atomic E-state index is 11.0. The quantitative estimate of drug-likeness (QED) is 0.618. The molecule has 0 aliphatic carbocycles. The molecule has 0 unspecified atom stereocenters. The molecule has 0 aliphatic rings. The number of ether oxygens (including phenoxy) is 1. The minimum atomic E-state index is -0.0860. The number of methoxy groups -OCH3 is 1. The zero-order valence-corrected chi connectivity index (χ0v) is 9.84. The van der Waals surface area contributed by atoms with Gasteiger partial charge < -0.3 is 10.1 Å². The van der Waals surface area contributed by atoms with Crippen molar-refractivity contribution < 1.29 is 14.3 Å². The van der Waals surface area contributed by atoms with Crippen LogP contribution in [0.5, 0.6) is 0 Å². The summed E-state index contributed by atoms with van der Waals surface area (Å²) in [5.74, 6) is 0.287. The summed E-state index contributed by atoms with van der Waals surface area (Å²) in [6.07, 6.45) is 2.77. The van der Waals surface area contributed by atoms with Gasteiger partial charge in [-0.05, 0) is 19.8 Å². The van der Waals surface area contributed by atoms with Crippen LogP contribution in [-0.4, -0.2) is 32.0 Å². The summed E-state index contributed by atoms with van der Waals surface area (Å²) < 4.78 is 4.67. The number of unbranched alkanes of at least 4 members (excludes halogenated alkanes) is 1. The van der Waals surface area contributed by atoms with Gasteiger partial charge in [0.05, 0.1) is 0 Å². The molecule has 0 aliphatic heterocycles. The fourth-order valence-corrected chi connectivity index (χ4v) is 1.19. The summed E-state index contributed by atoms with van der Waals surface area (Å²) in [4.78, 5) is 21.9. The Morgan fingerprint density at radius 2 is 2.00 bits per heavy atom. The van der Waals surface area contributed by atoms with Crippen LogP contribution in [-0.2, 0) is 14.3 Å². The van der Waals surface area contributed by atoms with Crippen molar-refractivity contribution >= 4 is 11.7 Å². The third kappa shape index (κ3) is 8.12. The van der Waals surface area contributed by atoms with Gasteiger partial charge in [-0.3, -0.25) is 9.59 Å². The fourth-order valence-electron chi connectivity index (χ4n) is 1.19. The summed E-state index contributed by atoms with van der Waals surface area (Å²) in [6, 6.07) is 0. The molecule has 4 nitrogen and oxygen atoms in total. The molecule has 4 heteroatoms. The van der Waals surface area contributed by atoms with Crippen molar-refractivity contribution in [3.8, 4) is 0 Å². The molecule has 0 aromatic rings. The largest absolute Gasteiger partial charge is 0.375 e. The Morgan fingerprint density at radius 3 is 2.53 bits per heavy atom. The van der Waals surface area contributed by atoms with Crippen LogP contribution in [0.25, 0.3) is 0 Å². The van der Waals surface area contributed by atoms with Crippen LogP contribution in [0.1, 0.15) is 33.1 Å². The minimum absolute atomic E-state index is 0.0860. The molecule has 0 radical (unpaired) electrons. The molecule has 0 fully saturated rings. The van der Waals surface area contributed by atoms with E-state index in [1.165, 1.54) is 7.11 Å². The number of hydrogen-bond acceptors (Lipinski definition) is 3. The average molecular weight is 215 g/mol. The molecule has 0 spiro atoms. The van der Waals surface area contributed by atoms with Crippen molar-refractivity contribution in [3.63, 3.8) is 0 Å². The number of carbonyl (C=O) groups is 2. The maximum absolute atomic E-state index is 11.0. The monoisotopic (exact) mass is 215 g/mol. The first-order chi connectivity index (χ1) is 7.07. The Balaban J connectivity index is 3.32. The third-order valence-electron chi connectivity index (χ3n) is 2.36. The lowest BCUT2D eigenvalue weighted by atomic mass is 10.0. The van der Waals surface area contributed by atoms with E-state index in [1.807, 2.05) is 6.92 Å². The van der Waals surface area contributed by atoms with Crippen LogP contribution in [0.15, 0.2) is 0 Å². The van der Waals surface area contributed by atoms with Crippen LogP contribution >= 0.6 is 0 Å². The molecule has 0 saturated heterocycles. The van der Waals surface area contributed by atoms with Crippen molar-refractivity contribution in [3.05, 3.63) is 0 Å². The van der Waals surface area contributed by atoms with E-state index in [-0.39, 0.29) is 24.2 Å². The highest BCUT2D eigenvalue weighted by Gasteiger charge is 2.06. The van der Waals surface area contributed by atoms with E-state index >= 15 is 0 Å². The zero-order chi connectivity index (χ0) is 11.7. The normalized spacial score (nSPS) is 12.2. The fraction of sp³-hybridized carbons (Fsp3) is 0.818. The molecule has 88 valence electrons. The number of hydrogen-bond donors (Lipinski definition) is 1. The Hall–Kier alpha value is -0.900. The molecular formula is C11H21NO3. The Morgan fingerprint density at radius 1 is 1.33 bits per heavy atom. The van der Waals surface area contributed by atoms with Gasteiger partial charge in [0.25, 0.3) is 0 Å². The van der Waals surface area contributed by atoms with E-state index in [9.17, 15) is 9.59 Å². The Bertz CT molecular complexity index is 204. The van der Waals surface area contributed by atoms with Crippen molar-refractivity contribution in [1.29, 1.82) is 0 Å². The second-order valence-electron chi connectivity index (χ2n) is 3.79. The SMILES string of the molecule is COCC(=O)NCCCC[C@H](C)C(C)=O. The van der Waals surface area contributed by atoms with E-state index < -0.39 is 0 Å². The third-order valence-corrected chi connectivity index (χ3v) is 2.36. The molecule has 1 N–H and O–H groups in total. The average Bonchev–Trinajstić information content (AvgIpc) is 2.17. The molecule has 1 amide bonds. The van der Waals surface area contributed by atoms with Gasteiger partial charge in [-0.1, -0.05) is 13.3 Å². The zero-order valence-electron chi connectivity index (χ0n) is 9.84. The predicted octanol–water partition coefficient (Wildman–Crippen LogP) is 1.14. The van der Waals surface area contributed by atoms with Gasteiger partial charge >= 0.3 is 0 Å². The summed E-state index contributed by atoms with van der Waals surface area (Å²) in [5.41, 5.74) is 0. The van der Waals surface area contributed by atoms with Gasteiger partial charge in [0, 0.05) is 19.6 Å². The lowest BCUT2D eigenvalue weighted by Gasteiger charge is -2.07. The first kappa shape index (κ1) is 14.1. The second-order valence-corrected chi connectivity index (χ2v) is 3.79. The van der Waals surface area contributed by atoms with Crippen molar-refractivity contribution in [2.45, 2.75) is 33.1 Å². The minimum Gasteiger partial charge on any atom is -0.375 e. The number of Topliss-reactive ketones (excluding diaryl/α,β-unsaturated/α-hetero) is 1. The van der Waals surface area contributed by atoms with Crippen LogP contribution in [0.4, 0.5) is 0 Å². The van der Waals surface area contributed by atoms with Gasteiger partial charge in [0.2, 0.25) is 5.91 Å². The van der Waals surface area contributed by atoms with E-state index in [2.05, 4.69) is 10.1 Å². The summed E-state index contributed by atoms with van der Waals surface area (Å²) >= 11 is 0. The molecule has 0 aromatic heterocycles.